The molecule has 2 atom stereocenters. The highest BCUT2D eigenvalue weighted by Crippen LogP contribution is 2.47. The molecular formula is C28H30FNO4P+. The van der Waals surface area contributed by atoms with Gasteiger partial charge >= 0.3 is 19.2 Å². The molecule has 5 nitrogen and oxygen atoms in total. The Labute approximate surface area is 206 Å². The first-order valence-corrected chi connectivity index (χ1v) is 12.6. The molecule has 0 N–H and O–H groups in total. The largest absolute Gasteiger partial charge is 0.530 e. The number of carbonyl (C=O) groups excluding carboxylic acids is 1. The molecule has 0 amide bonds. The first-order chi connectivity index (χ1) is 16.7. The second kappa shape index (κ2) is 11.0. The predicted octanol–water partition coefficient (Wildman–Crippen LogP) is 7.62. The quantitative estimate of drug-likeness (QED) is 0.174. The maximum absolute atomic E-state index is 13.8. The van der Waals surface area contributed by atoms with Gasteiger partial charge in [-0.05, 0) is 46.7 Å². The number of benzene rings is 2. The molecule has 3 aromatic rings. The van der Waals surface area contributed by atoms with Crippen LogP contribution in [0.15, 0.2) is 67.3 Å². The molecule has 35 heavy (non-hydrogen) atoms. The van der Waals surface area contributed by atoms with E-state index in [0.717, 1.165) is 16.8 Å². The predicted molar refractivity (Wildman–Crippen MR) is 137 cm³/mol. The third-order valence-electron chi connectivity index (χ3n) is 6.07. The summed E-state index contributed by atoms with van der Waals surface area (Å²) in [6.45, 7) is 11.3. The lowest BCUT2D eigenvalue weighted by atomic mass is 9.92. The smallest absolute Gasteiger partial charge is 0.420 e. The van der Waals surface area contributed by atoms with Crippen LogP contribution in [0.1, 0.15) is 44.4 Å². The van der Waals surface area contributed by atoms with Crippen molar-refractivity contribution in [1.82, 2.24) is 4.98 Å². The minimum absolute atomic E-state index is 0.115. The zero-order valence-corrected chi connectivity index (χ0v) is 21.6. The summed E-state index contributed by atoms with van der Waals surface area (Å²) in [7, 11) is -1.14. The normalized spacial score (nSPS) is 13.3. The van der Waals surface area contributed by atoms with E-state index in [0.29, 0.717) is 16.8 Å². The van der Waals surface area contributed by atoms with Gasteiger partial charge in [0.2, 0.25) is 0 Å². The molecule has 0 radical (unpaired) electrons. The third kappa shape index (κ3) is 5.09. The van der Waals surface area contributed by atoms with Gasteiger partial charge in [-0.1, -0.05) is 69.8 Å². The minimum Gasteiger partial charge on any atom is -0.420 e. The number of ether oxygens (including phenoxy) is 1. The van der Waals surface area contributed by atoms with E-state index in [1.807, 2.05) is 51.1 Å². The molecule has 0 fully saturated rings. The molecule has 1 aromatic heterocycles. The lowest BCUT2D eigenvalue weighted by Crippen LogP contribution is -2.36. The highest BCUT2D eigenvalue weighted by Gasteiger charge is 2.56. The Hall–Kier alpha value is -3.21. The highest BCUT2D eigenvalue weighted by atomic mass is 31.1. The van der Waals surface area contributed by atoms with Gasteiger partial charge in [-0.2, -0.15) is 0 Å². The number of carbonyl (C=O) groups is 1. The Bertz CT molecular complexity index is 1240. The Morgan fingerprint density at radius 2 is 1.77 bits per heavy atom. The van der Waals surface area contributed by atoms with Gasteiger partial charge < -0.3 is 4.74 Å². The average Bonchev–Trinajstić information content (AvgIpc) is 2.86. The van der Waals surface area contributed by atoms with Crippen molar-refractivity contribution in [3.8, 4) is 28.1 Å². The summed E-state index contributed by atoms with van der Waals surface area (Å²) < 4.78 is 37.6. The molecule has 2 aromatic carbocycles. The third-order valence-corrected chi connectivity index (χ3v) is 7.73. The van der Waals surface area contributed by atoms with Crippen LogP contribution in [0.3, 0.4) is 0 Å². The molecule has 0 aliphatic rings. The fourth-order valence-electron chi connectivity index (χ4n) is 4.00. The fraction of sp³-hybridized carbons (Fsp3) is 0.286. The van der Waals surface area contributed by atoms with Crippen LogP contribution in [-0.4, -0.2) is 23.2 Å². The molecule has 0 spiro atoms. The van der Waals surface area contributed by atoms with Gasteiger partial charge in [0.05, 0.1) is 18.5 Å². The second-order valence-electron chi connectivity index (χ2n) is 8.51. The van der Waals surface area contributed by atoms with Crippen LogP contribution in [0.5, 0.6) is 5.75 Å². The van der Waals surface area contributed by atoms with E-state index in [4.69, 9.17) is 14.2 Å². The van der Waals surface area contributed by atoms with Crippen molar-refractivity contribution >= 4 is 14.0 Å². The number of pyridine rings is 1. The van der Waals surface area contributed by atoms with E-state index >= 15 is 0 Å². The monoisotopic (exact) mass is 494 g/mol. The molecule has 0 aliphatic carbocycles. The molecule has 3 rings (SSSR count). The lowest BCUT2D eigenvalue weighted by Gasteiger charge is -2.23. The van der Waals surface area contributed by atoms with E-state index in [9.17, 15) is 13.8 Å². The highest BCUT2D eigenvalue weighted by molar-refractivity contribution is 7.42. The lowest BCUT2D eigenvalue weighted by molar-refractivity contribution is -0.136. The number of rotatable bonds is 9. The molecule has 0 aliphatic heterocycles. The summed E-state index contributed by atoms with van der Waals surface area (Å²) in [6.07, 6.45) is 1.50. The molecule has 1 heterocycles. The first kappa shape index (κ1) is 26.4. The van der Waals surface area contributed by atoms with Crippen molar-refractivity contribution < 1.29 is 23.0 Å². The summed E-state index contributed by atoms with van der Waals surface area (Å²) in [4.78, 5) is 18.4. The van der Waals surface area contributed by atoms with E-state index in [-0.39, 0.29) is 23.9 Å². The van der Waals surface area contributed by atoms with E-state index in [1.54, 1.807) is 19.1 Å². The van der Waals surface area contributed by atoms with Crippen molar-refractivity contribution in [1.29, 1.82) is 0 Å². The second-order valence-corrected chi connectivity index (χ2v) is 10.2. The van der Waals surface area contributed by atoms with Crippen LogP contribution >= 0.6 is 8.03 Å². The van der Waals surface area contributed by atoms with Crippen LogP contribution < -0.4 is 4.74 Å². The summed E-state index contributed by atoms with van der Waals surface area (Å²) in [5, 5.41) is -1.52. The maximum atomic E-state index is 13.8. The van der Waals surface area contributed by atoms with Crippen LogP contribution in [0.4, 0.5) is 4.39 Å². The van der Waals surface area contributed by atoms with Gasteiger partial charge in [0, 0.05) is 17.5 Å². The van der Waals surface area contributed by atoms with E-state index in [2.05, 4.69) is 6.58 Å². The molecular weight excluding hydrogens is 464 g/mol. The number of aromatic nitrogens is 1. The number of hydrogen-bond acceptors (Lipinski definition) is 5. The van der Waals surface area contributed by atoms with Crippen LogP contribution in [0.25, 0.3) is 22.4 Å². The number of halogens is 1. The van der Waals surface area contributed by atoms with Crippen LogP contribution in [0, 0.1) is 12.7 Å². The standard InChI is InChI=1S/C28H30FNO4P/c1-7-28(8-2,35(32)33-6)27(31)34-26-23(20-14-16-22(29)17-15-20)19(5)25(30-24(26)18(3)4)21-12-10-9-11-13-21/h7,9-18H,1,8H2,2-6H3/q+1. The maximum Gasteiger partial charge on any atom is 0.530 e. The Kier molecular flexibility index (Phi) is 8.31. The van der Waals surface area contributed by atoms with Crippen LogP contribution in [-0.2, 0) is 13.9 Å². The zero-order chi connectivity index (χ0) is 25.8. The van der Waals surface area contributed by atoms with E-state index < -0.39 is 19.2 Å². The van der Waals surface area contributed by atoms with Gasteiger partial charge in [0.1, 0.15) is 5.82 Å². The fourth-order valence-corrected chi connectivity index (χ4v) is 4.93. The average molecular weight is 495 g/mol. The first-order valence-electron chi connectivity index (χ1n) is 11.4. The zero-order valence-electron chi connectivity index (χ0n) is 20.7. The number of esters is 1. The van der Waals surface area contributed by atoms with Crippen molar-refractivity contribution in [3.63, 3.8) is 0 Å². The molecule has 0 saturated heterocycles. The van der Waals surface area contributed by atoms with Gasteiger partial charge in [-0.3, -0.25) is 0 Å². The van der Waals surface area contributed by atoms with Gasteiger partial charge in [0.15, 0.2) is 5.75 Å². The molecule has 7 heteroatoms. The Balaban J connectivity index is 2.33. The van der Waals surface area contributed by atoms with E-state index in [1.165, 1.54) is 25.3 Å². The summed E-state index contributed by atoms with van der Waals surface area (Å²) >= 11 is 0. The number of hydrogen-bond donors (Lipinski definition) is 0. The summed E-state index contributed by atoms with van der Waals surface area (Å²) in [5.41, 5.74) is 4.27. The molecule has 2 unspecified atom stereocenters. The van der Waals surface area contributed by atoms with Crippen molar-refractivity contribution in [2.24, 2.45) is 0 Å². The summed E-state index contributed by atoms with van der Waals surface area (Å²) in [6, 6.07) is 15.7. The van der Waals surface area contributed by atoms with Crippen LogP contribution in [0.2, 0.25) is 0 Å². The van der Waals surface area contributed by atoms with Gasteiger partial charge in [0.25, 0.3) is 0 Å². The van der Waals surface area contributed by atoms with Crippen molar-refractivity contribution in [2.75, 3.05) is 7.11 Å². The summed E-state index contributed by atoms with van der Waals surface area (Å²) in [5.74, 6) is -0.971. The topological polar surface area (TPSA) is 65.5 Å². The van der Waals surface area contributed by atoms with Gasteiger partial charge in [-0.25, -0.2) is 14.2 Å². The minimum atomic E-state index is -2.42. The van der Waals surface area contributed by atoms with Crippen molar-refractivity contribution in [2.45, 2.75) is 45.2 Å². The SMILES string of the molecule is C=CC(CC)(C(=O)Oc1c(C(C)C)nc(-c2ccccc2)c(C)c1-c1ccc(F)cc1)[P+](=O)OC. The van der Waals surface area contributed by atoms with Crippen molar-refractivity contribution in [3.05, 3.63) is 84.3 Å². The molecule has 0 saturated carbocycles. The molecule has 182 valence electrons. The Morgan fingerprint density at radius 3 is 2.29 bits per heavy atom. The Morgan fingerprint density at radius 1 is 1.14 bits per heavy atom. The number of nitrogens with zero attached hydrogens (tertiary/aromatic N) is 1. The molecule has 0 bridgehead atoms. The van der Waals surface area contributed by atoms with Gasteiger partial charge in [-0.15, -0.1) is 4.52 Å².